The van der Waals surface area contributed by atoms with Gasteiger partial charge in [0.25, 0.3) is 15.6 Å². The van der Waals surface area contributed by atoms with Gasteiger partial charge in [-0.1, -0.05) is 53.5 Å². The normalized spacial score (nSPS) is 15.9. The molecule has 0 radical (unpaired) electrons. The molecule has 10 heteroatoms. The Labute approximate surface area is 193 Å². The smallest absolute Gasteiger partial charge is 0.286 e. The number of nitrogens with one attached hydrogen (secondary N) is 1. The Morgan fingerprint density at radius 1 is 1.22 bits per heavy atom. The van der Waals surface area contributed by atoms with E-state index in [9.17, 15) is 18.3 Å². The first-order valence-electron chi connectivity index (χ1n) is 10.1. The van der Waals surface area contributed by atoms with Crippen molar-refractivity contribution < 1.29 is 13.5 Å². The molecule has 0 spiro atoms. The van der Waals surface area contributed by atoms with Crippen molar-refractivity contribution >= 4 is 54.6 Å². The van der Waals surface area contributed by atoms with Crippen molar-refractivity contribution in [3.8, 4) is 5.75 Å². The number of amidine groups is 1. The molecule has 2 heterocycles. The van der Waals surface area contributed by atoms with Crippen LogP contribution in [0, 0.1) is 0 Å². The van der Waals surface area contributed by atoms with Gasteiger partial charge < -0.3 is 10.4 Å². The van der Waals surface area contributed by atoms with Gasteiger partial charge in [0.05, 0.1) is 11.2 Å². The summed E-state index contributed by atoms with van der Waals surface area (Å²) in [6, 6.07) is 13.0. The van der Waals surface area contributed by atoms with E-state index in [1.54, 1.807) is 48.7 Å². The Morgan fingerprint density at radius 2 is 1.94 bits per heavy atom. The van der Waals surface area contributed by atoms with Crippen LogP contribution in [0.25, 0.3) is 10.9 Å². The highest BCUT2D eigenvalue weighted by atomic mass is 79.9. The Kier molecular flexibility index (Phi) is 6.16. The Bertz CT molecular complexity index is 1410. The zero-order valence-corrected chi connectivity index (χ0v) is 19.6. The third-order valence-electron chi connectivity index (χ3n) is 5.06. The first-order valence-corrected chi connectivity index (χ1v) is 12.4. The molecule has 1 aromatic heterocycles. The van der Waals surface area contributed by atoms with Crippen LogP contribution in [0.15, 0.2) is 67.7 Å². The summed E-state index contributed by atoms with van der Waals surface area (Å²) in [5.41, 5.74) is -0.264. The average molecular weight is 517 g/mol. The van der Waals surface area contributed by atoms with Crippen molar-refractivity contribution in [2.24, 2.45) is 9.50 Å². The largest absolute Gasteiger partial charge is 0.506 e. The number of halogens is 1. The van der Waals surface area contributed by atoms with Gasteiger partial charge in [-0.25, -0.2) is 0 Å². The monoisotopic (exact) mass is 516 g/mol. The summed E-state index contributed by atoms with van der Waals surface area (Å²) < 4.78 is 30.3. The van der Waals surface area contributed by atoms with Crippen molar-refractivity contribution in [2.45, 2.75) is 35.9 Å². The molecule has 2 aromatic carbocycles. The highest BCUT2D eigenvalue weighted by molar-refractivity contribution is 9.09. The maximum atomic E-state index is 13.4. The standard InChI is InChI=1S/C22H21BrN4O4S/c1-2-7-14(23)12-13-24-27-17-10-5-3-8-15(17)20(28)19(22(27)29)21-25-16-9-4-6-11-18(16)32(30,31)26-21/h3-6,8-11,13-14,28H,2,7,12H2,1H3,(H,25,26). The van der Waals surface area contributed by atoms with E-state index in [2.05, 4.69) is 37.7 Å². The second kappa shape index (κ2) is 8.87. The molecule has 1 aliphatic heterocycles. The van der Waals surface area contributed by atoms with Crippen LogP contribution in [0.4, 0.5) is 5.69 Å². The average Bonchev–Trinajstić information content (AvgIpc) is 2.76. The summed E-state index contributed by atoms with van der Waals surface area (Å²) in [6.45, 7) is 2.08. The molecule has 0 aliphatic carbocycles. The zero-order valence-electron chi connectivity index (χ0n) is 17.2. The van der Waals surface area contributed by atoms with Crippen molar-refractivity contribution in [2.75, 3.05) is 5.32 Å². The van der Waals surface area contributed by atoms with Crippen LogP contribution < -0.4 is 10.9 Å². The number of para-hydroxylation sites is 2. The number of aromatic hydroxyl groups is 1. The minimum Gasteiger partial charge on any atom is -0.506 e. The number of benzene rings is 2. The molecule has 0 saturated carbocycles. The first-order chi connectivity index (χ1) is 15.3. The lowest BCUT2D eigenvalue weighted by Crippen LogP contribution is -2.31. The fourth-order valence-corrected chi connectivity index (χ4v) is 5.28. The van der Waals surface area contributed by atoms with Crippen LogP contribution in [0.5, 0.6) is 5.75 Å². The fourth-order valence-electron chi connectivity index (χ4n) is 3.53. The number of aromatic nitrogens is 1. The molecule has 1 aliphatic rings. The van der Waals surface area contributed by atoms with E-state index in [1.165, 1.54) is 6.07 Å². The Balaban J connectivity index is 1.89. The van der Waals surface area contributed by atoms with Crippen LogP contribution in [0.2, 0.25) is 0 Å². The molecule has 166 valence electrons. The number of hydrogen-bond acceptors (Lipinski definition) is 6. The van der Waals surface area contributed by atoms with Crippen LogP contribution in [0.1, 0.15) is 31.7 Å². The molecular weight excluding hydrogens is 496 g/mol. The molecule has 1 unspecified atom stereocenters. The predicted octanol–water partition coefficient (Wildman–Crippen LogP) is 4.06. The summed E-state index contributed by atoms with van der Waals surface area (Å²) >= 11 is 3.58. The lowest BCUT2D eigenvalue weighted by molar-refractivity contribution is 0.478. The van der Waals surface area contributed by atoms with Crippen LogP contribution in [0.3, 0.4) is 0 Å². The van der Waals surface area contributed by atoms with E-state index in [0.717, 1.165) is 17.5 Å². The molecule has 1 atom stereocenters. The first kappa shape index (κ1) is 22.2. The van der Waals surface area contributed by atoms with Gasteiger partial charge in [-0.3, -0.25) is 4.79 Å². The molecule has 3 aromatic rings. The van der Waals surface area contributed by atoms with Crippen molar-refractivity contribution in [1.82, 2.24) is 4.68 Å². The van der Waals surface area contributed by atoms with E-state index in [0.29, 0.717) is 17.3 Å². The van der Waals surface area contributed by atoms with Gasteiger partial charge in [-0.05, 0) is 37.1 Å². The van der Waals surface area contributed by atoms with Crippen molar-refractivity contribution in [1.29, 1.82) is 0 Å². The van der Waals surface area contributed by atoms with Gasteiger partial charge in [0.2, 0.25) is 0 Å². The van der Waals surface area contributed by atoms with Crippen LogP contribution in [-0.2, 0) is 10.0 Å². The van der Waals surface area contributed by atoms with Gasteiger partial charge >= 0.3 is 0 Å². The van der Waals surface area contributed by atoms with Gasteiger partial charge in [-0.2, -0.15) is 18.2 Å². The Hall–Kier alpha value is -2.98. The highest BCUT2D eigenvalue weighted by Crippen LogP contribution is 2.32. The molecule has 0 saturated heterocycles. The number of fused-ring (bicyclic) bond motifs is 2. The molecule has 0 amide bonds. The van der Waals surface area contributed by atoms with E-state index in [1.807, 2.05) is 0 Å². The van der Waals surface area contributed by atoms with Gasteiger partial charge in [0, 0.05) is 16.4 Å². The van der Waals surface area contributed by atoms with Gasteiger partial charge in [0.1, 0.15) is 16.2 Å². The number of alkyl halides is 1. The van der Waals surface area contributed by atoms with E-state index >= 15 is 0 Å². The van der Waals surface area contributed by atoms with Crippen LogP contribution >= 0.6 is 15.9 Å². The number of pyridine rings is 1. The maximum Gasteiger partial charge on any atom is 0.286 e. The number of rotatable bonds is 6. The predicted molar refractivity (Wildman–Crippen MR) is 130 cm³/mol. The fraction of sp³-hybridized carbons (Fsp3) is 0.227. The topological polar surface area (TPSA) is 113 Å². The molecule has 2 N–H and O–H groups in total. The van der Waals surface area contributed by atoms with Gasteiger partial charge in [-0.15, -0.1) is 4.40 Å². The summed E-state index contributed by atoms with van der Waals surface area (Å²) in [4.78, 5) is 13.6. The number of anilines is 1. The van der Waals surface area contributed by atoms with Crippen molar-refractivity contribution in [3.63, 3.8) is 0 Å². The molecule has 32 heavy (non-hydrogen) atoms. The van der Waals surface area contributed by atoms with E-state index in [-0.39, 0.29) is 32.6 Å². The molecule has 8 nitrogen and oxygen atoms in total. The quantitative estimate of drug-likeness (QED) is 0.378. The minimum absolute atomic E-state index is 0.00154. The lowest BCUT2D eigenvalue weighted by atomic mass is 10.1. The number of nitrogens with zero attached hydrogens (tertiary/aromatic N) is 3. The Morgan fingerprint density at radius 3 is 2.72 bits per heavy atom. The maximum absolute atomic E-state index is 13.4. The molecule has 0 fully saturated rings. The van der Waals surface area contributed by atoms with Crippen LogP contribution in [-0.4, -0.2) is 35.1 Å². The minimum atomic E-state index is -4.05. The molecule has 4 rings (SSSR count). The lowest BCUT2D eigenvalue weighted by Gasteiger charge is -2.19. The number of hydrogen-bond donors (Lipinski definition) is 2. The van der Waals surface area contributed by atoms with Crippen molar-refractivity contribution in [3.05, 3.63) is 64.4 Å². The zero-order chi connectivity index (χ0) is 22.9. The highest BCUT2D eigenvalue weighted by Gasteiger charge is 2.29. The van der Waals surface area contributed by atoms with Gasteiger partial charge in [0.15, 0.2) is 5.84 Å². The summed E-state index contributed by atoms with van der Waals surface area (Å²) in [5.74, 6) is -0.604. The third-order valence-corrected chi connectivity index (χ3v) is 7.22. The SMILES string of the molecule is CCCC(Br)CC=Nn1c(=O)c(C2=NS(=O)(=O)c3ccccc3N2)c(O)c2ccccc21. The van der Waals surface area contributed by atoms with E-state index < -0.39 is 15.6 Å². The van der Waals surface area contributed by atoms with E-state index in [4.69, 9.17) is 0 Å². The summed E-state index contributed by atoms with van der Waals surface area (Å²) in [7, 11) is -4.05. The summed E-state index contributed by atoms with van der Waals surface area (Å²) in [5, 5.41) is 18.5. The second-order valence-corrected chi connectivity index (χ2v) is 10.2. The molecular formula is C22H21BrN4O4S. The molecule has 0 bridgehead atoms. The summed E-state index contributed by atoms with van der Waals surface area (Å²) in [6.07, 6.45) is 4.20. The second-order valence-electron chi connectivity index (χ2n) is 7.31. The number of sulfonamides is 1. The third kappa shape index (κ3) is 4.07.